The number of para-hydroxylation sites is 1. The summed E-state index contributed by atoms with van der Waals surface area (Å²) in [6, 6.07) is 21.7. The van der Waals surface area contributed by atoms with Crippen molar-refractivity contribution in [3.05, 3.63) is 72.3 Å². The average Bonchev–Trinajstić information content (AvgIpc) is 3.47. The van der Waals surface area contributed by atoms with E-state index in [1.54, 1.807) is 0 Å². The molecular formula is C21H16N8S. The molecule has 3 aromatic heterocycles. The molecule has 0 amide bonds. The highest BCUT2D eigenvalue weighted by Crippen LogP contribution is 2.30. The van der Waals surface area contributed by atoms with Crippen molar-refractivity contribution in [2.45, 2.75) is 13.0 Å². The number of H-pyrrole nitrogens is 1. The fourth-order valence-electron chi connectivity index (χ4n) is 3.05. The molecule has 1 atom stereocenters. The van der Waals surface area contributed by atoms with E-state index >= 15 is 0 Å². The topological polar surface area (TPSA) is 105 Å². The number of pyridine rings is 1. The predicted octanol–water partition coefficient (Wildman–Crippen LogP) is 5.38. The summed E-state index contributed by atoms with van der Waals surface area (Å²) >= 11 is 1.53. The number of nitrogens with zero attached hydrogens (tertiary/aromatic N) is 7. The van der Waals surface area contributed by atoms with Gasteiger partial charge in [-0.25, -0.2) is 9.97 Å². The smallest absolute Gasteiger partial charge is 0.230 e. The minimum absolute atomic E-state index is 0.114. The molecule has 3 heterocycles. The number of hydrogen-bond acceptors (Lipinski definition) is 8. The second-order valence-corrected chi connectivity index (χ2v) is 7.63. The van der Waals surface area contributed by atoms with Gasteiger partial charge in [-0.1, -0.05) is 47.7 Å². The van der Waals surface area contributed by atoms with Crippen LogP contribution in [0.3, 0.4) is 0 Å². The standard InChI is InChI=1S/C21H16N8S/c1-13(24-27-21-23-17-8-2-3-11-19(17)30-21)14-6-4-7-15(12-14)16-9-5-10-18(22-16)20-25-28-29-26-20/h2-13H,1H3,(H,25,26,28,29). The van der Waals surface area contributed by atoms with Crippen molar-refractivity contribution in [1.29, 1.82) is 0 Å². The Morgan fingerprint density at radius 1 is 0.933 bits per heavy atom. The number of thiazole rings is 1. The Morgan fingerprint density at radius 2 is 1.80 bits per heavy atom. The molecule has 8 nitrogen and oxygen atoms in total. The lowest BCUT2D eigenvalue weighted by Gasteiger charge is -2.08. The van der Waals surface area contributed by atoms with Crippen molar-refractivity contribution in [3.63, 3.8) is 0 Å². The highest BCUT2D eigenvalue weighted by molar-refractivity contribution is 7.21. The van der Waals surface area contributed by atoms with E-state index in [0.29, 0.717) is 16.6 Å². The van der Waals surface area contributed by atoms with E-state index in [-0.39, 0.29) is 6.04 Å². The van der Waals surface area contributed by atoms with Gasteiger partial charge in [0.25, 0.3) is 0 Å². The molecular weight excluding hydrogens is 396 g/mol. The van der Waals surface area contributed by atoms with Crippen LogP contribution in [-0.2, 0) is 0 Å². The van der Waals surface area contributed by atoms with Gasteiger partial charge in [0.2, 0.25) is 11.0 Å². The molecule has 0 saturated carbocycles. The maximum absolute atomic E-state index is 4.66. The summed E-state index contributed by atoms with van der Waals surface area (Å²) in [5.41, 5.74) is 4.47. The van der Waals surface area contributed by atoms with E-state index in [9.17, 15) is 0 Å². The molecule has 5 aromatic rings. The van der Waals surface area contributed by atoms with Crippen LogP contribution in [0.5, 0.6) is 0 Å². The van der Waals surface area contributed by atoms with Gasteiger partial charge in [-0.15, -0.1) is 15.3 Å². The number of hydrogen-bond donors (Lipinski definition) is 1. The Kier molecular flexibility index (Phi) is 4.78. The zero-order chi connectivity index (χ0) is 20.3. The average molecular weight is 412 g/mol. The second kappa shape index (κ2) is 7.88. The zero-order valence-electron chi connectivity index (χ0n) is 16.0. The summed E-state index contributed by atoms with van der Waals surface area (Å²) < 4.78 is 1.11. The summed E-state index contributed by atoms with van der Waals surface area (Å²) in [5, 5.41) is 23.5. The van der Waals surface area contributed by atoms with Crippen molar-refractivity contribution in [2.75, 3.05) is 0 Å². The molecule has 1 unspecified atom stereocenters. The lowest BCUT2D eigenvalue weighted by molar-refractivity contribution is 0.763. The Balaban J connectivity index is 1.40. The molecule has 146 valence electrons. The van der Waals surface area contributed by atoms with Crippen LogP contribution < -0.4 is 0 Å². The maximum atomic E-state index is 4.66. The first-order chi connectivity index (χ1) is 14.8. The first-order valence-corrected chi connectivity index (χ1v) is 10.2. The third kappa shape index (κ3) is 3.70. The van der Waals surface area contributed by atoms with E-state index in [1.807, 2.05) is 67.6 Å². The fraction of sp³-hybridized carbons (Fsp3) is 0.0952. The molecule has 9 heteroatoms. The molecule has 0 radical (unpaired) electrons. The lowest BCUT2D eigenvalue weighted by atomic mass is 10.0. The summed E-state index contributed by atoms with van der Waals surface area (Å²) in [5.74, 6) is 0.464. The molecule has 0 aliphatic carbocycles. The number of tetrazole rings is 1. The van der Waals surface area contributed by atoms with Gasteiger partial charge in [-0.2, -0.15) is 10.3 Å². The molecule has 0 bridgehead atoms. The molecule has 0 fully saturated rings. The first-order valence-electron chi connectivity index (χ1n) is 9.34. The summed E-state index contributed by atoms with van der Waals surface area (Å²) in [6.45, 7) is 2.01. The lowest BCUT2D eigenvalue weighted by Crippen LogP contribution is -1.92. The van der Waals surface area contributed by atoms with Crippen LogP contribution in [0.2, 0.25) is 0 Å². The minimum Gasteiger partial charge on any atom is -0.244 e. The van der Waals surface area contributed by atoms with Gasteiger partial charge in [0.15, 0.2) is 0 Å². The van der Waals surface area contributed by atoms with Crippen molar-refractivity contribution in [3.8, 4) is 22.8 Å². The second-order valence-electron chi connectivity index (χ2n) is 6.62. The maximum Gasteiger partial charge on any atom is 0.230 e. The first kappa shape index (κ1) is 18.2. The van der Waals surface area contributed by atoms with E-state index < -0.39 is 0 Å². The van der Waals surface area contributed by atoms with Gasteiger partial charge < -0.3 is 0 Å². The zero-order valence-corrected chi connectivity index (χ0v) is 16.8. The molecule has 5 rings (SSSR count). The van der Waals surface area contributed by atoms with Crippen molar-refractivity contribution in [2.24, 2.45) is 10.2 Å². The molecule has 0 saturated heterocycles. The molecule has 0 aliphatic rings. The Hall–Kier alpha value is -3.85. The molecule has 1 N–H and O–H groups in total. The Bertz CT molecular complexity index is 1290. The van der Waals surface area contributed by atoms with E-state index in [1.165, 1.54) is 11.3 Å². The monoisotopic (exact) mass is 412 g/mol. The number of aromatic nitrogens is 6. The van der Waals surface area contributed by atoms with Gasteiger partial charge in [0.05, 0.1) is 22.0 Å². The van der Waals surface area contributed by atoms with Crippen molar-refractivity contribution < 1.29 is 0 Å². The van der Waals surface area contributed by atoms with E-state index in [0.717, 1.165) is 27.0 Å². The molecule has 30 heavy (non-hydrogen) atoms. The summed E-state index contributed by atoms with van der Waals surface area (Å²) in [6.07, 6.45) is 0. The molecule has 0 spiro atoms. The third-order valence-corrected chi connectivity index (χ3v) is 5.51. The number of rotatable bonds is 5. The quantitative estimate of drug-likeness (QED) is 0.390. The fourth-order valence-corrected chi connectivity index (χ4v) is 3.85. The van der Waals surface area contributed by atoms with Gasteiger partial charge in [0.1, 0.15) is 5.69 Å². The SMILES string of the molecule is CC(N=Nc1nc2ccccc2s1)c1cccc(-c2cccc(-c3nn[nH]n3)n2)c1. The van der Waals surface area contributed by atoms with Gasteiger partial charge in [-0.05, 0) is 48.0 Å². The van der Waals surface area contributed by atoms with E-state index in [4.69, 9.17) is 0 Å². The molecule has 0 aliphatic heterocycles. The van der Waals surface area contributed by atoms with Crippen LogP contribution in [0.1, 0.15) is 18.5 Å². The van der Waals surface area contributed by atoms with Crippen LogP contribution in [0.4, 0.5) is 5.13 Å². The third-order valence-electron chi connectivity index (χ3n) is 4.59. The minimum atomic E-state index is -0.114. The number of nitrogens with one attached hydrogen (secondary N) is 1. The Morgan fingerprint density at radius 3 is 2.67 bits per heavy atom. The predicted molar refractivity (Wildman–Crippen MR) is 115 cm³/mol. The molecule has 2 aromatic carbocycles. The van der Waals surface area contributed by atoms with Crippen LogP contribution in [0, 0.1) is 0 Å². The largest absolute Gasteiger partial charge is 0.244 e. The number of azo groups is 1. The summed E-state index contributed by atoms with van der Waals surface area (Å²) in [7, 11) is 0. The van der Waals surface area contributed by atoms with Gasteiger partial charge in [-0.3, -0.25) is 0 Å². The van der Waals surface area contributed by atoms with Crippen LogP contribution in [0.15, 0.2) is 77.0 Å². The summed E-state index contributed by atoms with van der Waals surface area (Å²) in [4.78, 5) is 9.16. The van der Waals surface area contributed by atoms with Gasteiger partial charge >= 0.3 is 0 Å². The highest BCUT2D eigenvalue weighted by atomic mass is 32.1. The highest BCUT2D eigenvalue weighted by Gasteiger charge is 2.10. The van der Waals surface area contributed by atoms with E-state index in [2.05, 4.69) is 46.9 Å². The van der Waals surface area contributed by atoms with Crippen LogP contribution in [-0.4, -0.2) is 30.6 Å². The number of fused-ring (bicyclic) bond motifs is 1. The number of benzene rings is 2. The normalized spacial score (nSPS) is 12.6. The van der Waals surface area contributed by atoms with Crippen molar-refractivity contribution in [1.82, 2.24) is 30.6 Å². The van der Waals surface area contributed by atoms with Crippen LogP contribution >= 0.6 is 11.3 Å². The number of aromatic amines is 1. The van der Waals surface area contributed by atoms with Gasteiger partial charge in [0, 0.05) is 5.56 Å². The van der Waals surface area contributed by atoms with Crippen molar-refractivity contribution >= 4 is 26.7 Å². The van der Waals surface area contributed by atoms with Crippen LogP contribution in [0.25, 0.3) is 33.0 Å². The Labute approximate surface area is 175 Å².